The number of hydrogen-bond acceptors (Lipinski definition) is 1. The monoisotopic (exact) mass is 241 g/mol. The summed E-state index contributed by atoms with van der Waals surface area (Å²) in [5.41, 5.74) is 5.91. The van der Waals surface area contributed by atoms with Crippen molar-refractivity contribution in [1.29, 1.82) is 0 Å². The van der Waals surface area contributed by atoms with Crippen molar-refractivity contribution in [2.24, 2.45) is 22.0 Å². The van der Waals surface area contributed by atoms with Crippen LogP contribution in [0.4, 0.5) is 0 Å². The molecule has 102 valence electrons. The number of nitrogens with two attached hydrogens (primary N) is 1. The highest BCUT2D eigenvalue weighted by molar-refractivity contribution is 5.74. The van der Waals surface area contributed by atoms with Crippen molar-refractivity contribution in [3.8, 4) is 0 Å². The summed E-state index contributed by atoms with van der Waals surface area (Å²) in [7, 11) is 0. The smallest absolute Gasteiger partial charge is 0.217 e. The Morgan fingerprint density at radius 2 is 1.47 bits per heavy atom. The molecule has 0 aliphatic heterocycles. The van der Waals surface area contributed by atoms with Crippen LogP contribution in [-0.4, -0.2) is 5.91 Å². The van der Waals surface area contributed by atoms with Gasteiger partial charge >= 0.3 is 0 Å². The van der Waals surface area contributed by atoms with Crippen LogP contribution in [0.3, 0.4) is 0 Å². The van der Waals surface area contributed by atoms with E-state index in [1.807, 2.05) is 0 Å². The van der Waals surface area contributed by atoms with Gasteiger partial charge in [-0.3, -0.25) is 4.79 Å². The van der Waals surface area contributed by atoms with Gasteiger partial charge in [-0.1, -0.05) is 61.3 Å². The highest BCUT2D eigenvalue weighted by atomic mass is 16.1. The largest absolute Gasteiger partial charge is 0.370 e. The molecule has 0 aromatic carbocycles. The summed E-state index contributed by atoms with van der Waals surface area (Å²) in [5.74, 6) is -0.179. The van der Waals surface area contributed by atoms with Crippen molar-refractivity contribution < 1.29 is 4.79 Å². The maximum atomic E-state index is 11.2. The van der Waals surface area contributed by atoms with E-state index in [2.05, 4.69) is 48.5 Å². The zero-order valence-electron chi connectivity index (χ0n) is 12.8. The van der Waals surface area contributed by atoms with E-state index in [1.165, 1.54) is 0 Å². The Morgan fingerprint density at radius 1 is 1.00 bits per heavy atom. The van der Waals surface area contributed by atoms with Crippen LogP contribution in [0.5, 0.6) is 0 Å². The highest BCUT2D eigenvalue weighted by Gasteiger charge is 2.41. The lowest BCUT2D eigenvalue weighted by molar-refractivity contribution is -0.121. The number of carbonyl (C=O) groups excluding carboxylic acids is 1. The van der Waals surface area contributed by atoms with E-state index in [-0.39, 0.29) is 22.2 Å². The van der Waals surface area contributed by atoms with Crippen LogP contribution in [0.2, 0.25) is 0 Å². The summed E-state index contributed by atoms with van der Waals surface area (Å²) in [6.45, 7) is 15.8. The molecule has 1 amide bonds. The fourth-order valence-corrected chi connectivity index (χ4v) is 2.60. The minimum Gasteiger partial charge on any atom is -0.370 e. The molecule has 0 aliphatic rings. The first kappa shape index (κ1) is 16.5. The van der Waals surface area contributed by atoms with E-state index < -0.39 is 0 Å². The standard InChI is InChI=1S/C15H31NO/c1-8-14(6,10-12(16)17)11-15(7,9-2)13(3,4)5/h8-11H2,1-7H3,(H2,16,17). The zero-order chi connectivity index (χ0) is 13.9. The van der Waals surface area contributed by atoms with Crippen LogP contribution in [0.25, 0.3) is 0 Å². The molecule has 0 saturated heterocycles. The van der Waals surface area contributed by atoms with Crippen LogP contribution in [-0.2, 0) is 4.79 Å². The van der Waals surface area contributed by atoms with E-state index in [0.717, 1.165) is 19.3 Å². The van der Waals surface area contributed by atoms with Gasteiger partial charge in [0, 0.05) is 6.42 Å². The van der Waals surface area contributed by atoms with Gasteiger partial charge in [0.2, 0.25) is 5.91 Å². The second-order valence-corrected chi connectivity index (χ2v) is 7.15. The maximum Gasteiger partial charge on any atom is 0.217 e. The molecule has 2 atom stereocenters. The molecule has 0 aromatic heterocycles. The Morgan fingerprint density at radius 3 is 1.71 bits per heavy atom. The Balaban J connectivity index is 5.03. The molecule has 0 bridgehead atoms. The van der Waals surface area contributed by atoms with E-state index >= 15 is 0 Å². The fourth-order valence-electron chi connectivity index (χ4n) is 2.60. The summed E-state index contributed by atoms with van der Waals surface area (Å²) >= 11 is 0. The predicted octanol–water partition coefficient (Wildman–Crippen LogP) is 4.13. The molecule has 0 radical (unpaired) electrons. The van der Waals surface area contributed by atoms with Crippen molar-refractivity contribution in [3.63, 3.8) is 0 Å². The van der Waals surface area contributed by atoms with Gasteiger partial charge in [0.25, 0.3) is 0 Å². The van der Waals surface area contributed by atoms with Gasteiger partial charge in [0.15, 0.2) is 0 Å². The van der Waals surface area contributed by atoms with Crippen LogP contribution < -0.4 is 5.73 Å². The Hall–Kier alpha value is -0.530. The van der Waals surface area contributed by atoms with Crippen LogP contribution in [0.15, 0.2) is 0 Å². The minimum absolute atomic E-state index is 0.0316. The van der Waals surface area contributed by atoms with Gasteiger partial charge in [-0.25, -0.2) is 0 Å². The Labute approximate surface area is 107 Å². The summed E-state index contributed by atoms with van der Waals surface area (Å²) in [6, 6.07) is 0. The third-order valence-electron chi connectivity index (χ3n) is 4.86. The molecule has 2 N–H and O–H groups in total. The average molecular weight is 241 g/mol. The Kier molecular flexibility index (Phi) is 5.24. The van der Waals surface area contributed by atoms with E-state index in [1.54, 1.807) is 0 Å². The van der Waals surface area contributed by atoms with Crippen molar-refractivity contribution >= 4 is 5.91 Å². The van der Waals surface area contributed by atoms with Gasteiger partial charge in [0.05, 0.1) is 0 Å². The first-order valence-electron chi connectivity index (χ1n) is 6.78. The number of hydrogen-bond donors (Lipinski definition) is 1. The molecule has 0 heterocycles. The number of primary amides is 1. The lowest BCUT2D eigenvalue weighted by Crippen LogP contribution is -2.39. The second-order valence-electron chi connectivity index (χ2n) is 7.15. The quantitative estimate of drug-likeness (QED) is 0.746. The molecular weight excluding hydrogens is 210 g/mol. The summed E-state index contributed by atoms with van der Waals surface area (Å²) in [5, 5.41) is 0. The van der Waals surface area contributed by atoms with E-state index in [9.17, 15) is 4.79 Å². The molecule has 0 aromatic rings. The molecule has 0 spiro atoms. The normalized spacial score (nSPS) is 19.5. The first-order chi connectivity index (χ1) is 7.49. The van der Waals surface area contributed by atoms with Crippen LogP contribution in [0, 0.1) is 16.2 Å². The van der Waals surface area contributed by atoms with Gasteiger partial charge in [-0.15, -0.1) is 0 Å². The number of rotatable bonds is 6. The summed E-state index contributed by atoms with van der Waals surface area (Å²) < 4.78 is 0. The maximum absolute atomic E-state index is 11.2. The predicted molar refractivity (Wildman–Crippen MR) is 74.7 cm³/mol. The van der Waals surface area contributed by atoms with Crippen molar-refractivity contribution in [2.45, 2.75) is 74.1 Å². The van der Waals surface area contributed by atoms with E-state index in [0.29, 0.717) is 6.42 Å². The number of carbonyl (C=O) groups is 1. The minimum atomic E-state index is -0.179. The molecule has 0 rings (SSSR count). The summed E-state index contributed by atoms with van der Waals surface area (Å²) in [6.07, 6.45) is 3.68. The van der Waals surface area contributed by atoms with E-state index in [4.69, 9.17) is 5.73 Å². The second kappa shape index (κ2) is 5.41. The Bertz CT molecular complexity index is 267. The zero-order valence-corrected chi connectivity index (χ0v) is 12.8. The van der Waals surface area contributed by atoms with Gasteiger partial charge in [-0.2, -0.15) is 0 Å². The molecule has 2 nitrogen and oxygen atoms in total. The lowest BCUT2D eigenvalue weighted by atomic mass is 9.58. The van der Waals surface area contributed by atoms with Gasteiger partial charge in [-0.05, 0) is 22.7 Å². The number of amides is 1. The van der Waals surface area contributed by atoms with Crippen molar-refractivity contribution in [2.75, 3.05) is 0 Å². The third kappa shape index (κ3) is 4.33. The van der Waals surface area contributed by atoms with Gasteiger partial charge in [0.1, 0.15) is 0 Å². The lowest BCUT2D eigenvalue weighted by Gasteiger charge is -2.47. The molecule has 0 saturated carbocycles. The molecule has 17 heavy (non-hydrogen) atoms. The van der Waals surface area contributed by atoms with Crippen molar-refractivity contribution in [1.82, 2.24) is 0 Å². The summed E-state index contributed by atoms with van der Waals surface area (Å²) in [4.78, 5) is 11.2. The fraction of sp³-hybridized carbons (Fsp3) is 0.933. The average Bonchev–Trinajstić information content (AvgIpc) is 2.14. The van der Waals surface area contributed by atoms with Crippen LogP contribution >= 0.6 is 0 Å². The molecular formula is C15H31NO. The molecule has 2 unspecified atom stereocenters. The SMILES string of the molecule is CCC(C)(CC(N)=O)CC(C)(CC)C(C)(C)C. The van der Waals surface area contributed by atoms with Crippen molar-refractivity contribution in [3.05, 3.63) is 0 Å². The molecule has 0 fully saturated rings. The highest BCUT2D eigenvalue weighted by Crippen LogP contribution is 2.50. The first-order valence-corrected chi connectivity index (χ1v) is 6.78. The topological polar surface area (TPSA) is 43.1 Å². The van der Waals surface area contributed by atoms with Crippen LogP contribution in [0.1, 0.15) is 74.1 Å². The third-order valence-corrected chi connectivity index (χ3v) is 4.86. The van der Waals surface area contributed by atoms with Gasteiger partial charge < -0.3 is 5.73 Å². The molecule has 2 heteroatoms. The molecule has 0 aliphatic carbocycles.